The summed E-state index contributed by atoms with van der Waals surface area (Å²) >= 11 is 13.6. The van der Waals surface area contributed by atoms with Crippen molar-refractivity contribution in [2.75, 3.05) is 37.7 Å². The molecule has 8 rings (SSSR count). The number of nitrogens with zero attached hydrogens (tertiary/aromatic N) is 4. The van der Waals surface area contributed by atoms with Gasteiger partial charge in [-0.3, -0.25) is 4.90 Å². The van der Waals surface area contributed by atoms with Crippen molar-refractivity contribution in [3.63, 3.8) is 0 Å². The third kappa shape index (κ3) is 4.11. The van der Waals surface area contributed by atoms with Gasteiger partial charge in [-0.15, -0.1) is 0 Å². The van der Waals surface area contributed by atoms with E-state index in [9.17, 15) is 0 Å². The van der Waals surface area contributed by atoms with Gasteiger partial charge in [0.05, 0.1) is 10.6 Å². The van der Waals surface area contributed by atoms with Crippen LogP contribution in [-0.2, 0) is 0 Å². The fourth-order valence-electron chi connectivity index (χ4n) is 7.96. The Morgan fingerprint density at radius 1 is 0.976 bits per heavy atom. The van der Waals surface area contributed by atoms with E-state index < -0.39 is 5.82 Å². The summed E-state index contributed by atoms with van der Waals surface area (Å²) in [4.78, 5) is 14.6. The molecule has 4 fully saturated rings. The van der Waals surface area contributed by atoms with Crippen LogP contribution in [0.4, 0.5) is 10.2 Å². The van der Waals surface area contributed by atoms with E-state index in [4.69, 9.17) is 37.9 Å². The highest BCUT2D eigenvalue weighted by atomic mass is 35.5. The highest BCUT2D eigenvalue weighted by Crippen LogP contribution is 2.45. The molecule has 212 valence electrons. The molecule has 0 aliphatic carbocycles. The first kappa shape index (κ1) is 26.0. The van der Waals surface area contributed by atoms with Gasteiger partial charge in [0, 0.05) is 46.5 Å². The van der Waals surface area contributed by atoms with Crippen LogP contribution in [-0.4, -0.2) is 65.3 Å². The SMILES string of the molecule is Fc1c(-c2cccc3cccc(Cl)c23)c(Cl)cc2c(N3C4CCC3CNC4)nc(OCC34CCCN3CCC4)nc12. The molecule has 0 amide bonds. The first-order valence-electron chi connectivity index (χ1n) is 14.8. The summed E-state index contributed by atoms with van der Waals surface area (Å²) in [6.45, 7) is 4.49. The summed E-state index contributed by atoms with van der Waals surface area (Å²) in [6.07, 6.45) is 6.74. The minimum absolute atomic E-state index is 0.0377. The second-order valence-electron chi connectivity index (χ2n) is 12.1. The van der Waals surface area contributed by atoms with Crippen LogP contribution >= 0.6 is 23.2 Å². The average molecular weight is 593 g/mol. The molecule has 4 aliphatic heterocycles. The van der Waals surface area contributed by atoms with Gasteiger partial charge in [0.25, 0.3) is 0 Å². The molecule has 0 spiro atoms. The summed E-state index contributed by atoms with van der Waals surface area (Å²) in [5, 5.41) is 6.71. The van der Waals surface area contributed by atoms with Gasteiger partial charge in [0.15, 0.2) is 5.82 Å². The molecule has 1 N–H and O–H groups in total. The van der Waals surface area contributed by atoms with E-state index in [0.29, 0.717) is 33.2 Å². The summed E-state index contributed by atoms with van der Waals surface area (Å²) in [7, 11) is 0. The minimum atomic E-state index is -0.475. The maximum Gasteiger partial charge on any atom is 0.319 e. The molecule has 4 saturated heterocycles. The Hall–Kier alpha value is -2.71. The van der Waals surface area contributed by atoms with E-state index in [2.05, 4.69) is 15.1 Å². The van der Waals surface area contributed by atoms with Crippen molar-refractivity contribution in [1.29, 1.82) is 0 Å². The topological polar surface area (TPSA) is 53.5 Å². The van der Waals surface area contributed by atoms with Gasteiger partial charge < -0.3 is 15.0 Å². The molecule has 2 bridgehead atoms. The van der Waals surface area contributed by atoms with Crippen molar-refractivity contribution in [2.45, 2.75) is 56.1 Å². The number of aromatic nitrogens is 2. The van der Waals surface area contributed by atoms with Gasteiger partial charge in [-0.05, 0) is 74.7 Å². The van der Waals surface area contributed by atoms with Crippen LogP contribution in [0.5, 0.6) is 6.01 Å². The summed E-state index contributed by atoms with van der Waals surface area (Å²) < 4.78 is 23.3. The maximum absolute atomic E-state index is 16.9. The molecule has 41 heavy (non-hydrogen) atoms. The van der Waals surface area contributed by atoms with Gasteiger partial charge in [-0.2, -0.15) is 9.97 Å². The van der Waals surface area contributed by atoms with E-state index in [1.807, 2.05) is 42.5 Å². The maximum atomic E-state index is 16.9. The third-order valence-electron chi connectivity index (χ3n) is 9.87. The van der Waals surface area contributed by atoms with Crippen molar-refractivity contribution >= 4 is 50.7 Å². The smallest absolute Gasteiger partial charge is 0.319 e. The fraction of sp³-hybridized carbons (Fsp3) is 0.438. The molecule has 1 aromatic heterocycles. The zero-order valence-corrected chi connectivity index (χ0v) is 24.3. The lowest BCUT2D eigenvalue weighted by Gasteiger charge is -2.37. The van der Waals surface area contributed by atoms with Gasteiger partial charge in [-0.1, -0.05) is 53.5 Å². The second kappa shape index (κ2) is 9.94. The lowest BCUT2D eigenvalue weighted by atomic mass is 9.95. The first-order valence-corrected chi connectivity index (χ1v) is 15.5. The Morgan fingerprint density at radius 2 is 1.71 bits per heavy atom. The first-order chi connectivity index (χ1) is 20.0. The monoisotopic (exact) mass is 591 g/mol. The molecule has 3 aromatic carbocycles. The molecular weight excluding hydrogens is 560 g/mol. The van der Waals surface area contributed by atoms with Gasteiger partial charge in [-0.25, -0.2) is 4.39 Å². The van der Waals surface area contributed by atoms with E-state index in [0.717, 1.165) is 68.5 Å². The number of nitrogens with one attached hydrogen (secondary N) is 1. The zero-order chi connectivity index (χ0) is 27.7. The van der Waals surface area contributed by atoms with Gasteiger partial charge >= 0.3 is 6.01 Å². The molecule has 6 nitrogen and oxygen atoms in total. The van der Waals surface area contributed by atoms with Gasteiger partial charge in [0.2, 0.25) is 0 Å². The van der Waals surface area contributed by atoms with Crippen LogP contribution in [0.25, 0.3) is 32.8 Å². The van der Waals surface area contributed by atoms with Crippen LogP contribution in [0.3, 0.4) is 0 Å². The number of ether oxygens (including phenoxy) is 1. The molecule has 4 aliphatic rings. The van der Waals surface area contributed by atoms with E-state index in [-0.39, 0.29) is 29.1 Å². The molecule has 2 unspecified atom stereocenters. The van der Waals surface area contributed by atoms with Crippen molar-refractivity contribution in [1.82, 2.24) is 20.2 Å². The van der Waals surface area contributed by atoms with Crippen LogP contribution in [0.2, 0.25) is 10.0 Å². The van der Waals surface area contributed by atoms with Gasteiger partial charge in [0.1, 0.15) is 17.9 Å². The van der Waals surface area contributed by atoms with Crippen molar-refractivity contribution in [3.8, 4) is 17.1 Å². The van der Waals surface area contributed by atoms with Crippen LogP contribution in [0.1, 0.15) is 38.5 Å². The highest BCUT2D eigenvalue weighted by molar-refractivity contribution is 6.38. The summed E-state index contributed by atoms with van der Waals surface area (Å²) in [5.41, 5.74) is 1.22. The molecule has 4 aromatic rings. The van der Waals surface area contributed by atoms with Crippen molar-refractivity contribution in [2.24, 2.45) is 0 Å². The fourth-order valence-corrected chi connectivity index (χ4v) is 8.53. The third-order valence-corrected chi connectivity index (χ3v) is 10.5. The van der Waals surface area contributed by atoms with Crippen molar-refractivity contribution < 1.29 is 9.13 Å². The number of fused-ring (bicyclic) bond motifs is 5. The molecule has 0 saturated carbocycles. The zero-order valence-electron chi connectivity index (χ0n) is 22.8. The van der Waals surface area contributed by atoms with E-state index in [1.54, 1.807) is 0 Å². The molecule has 5 heterocycles. The number of hydrogen-bond acceptors (Lipinski definition) is 6. The quantitative estimate of drug-likeness (QED) is 0.274. The predicted molar refractivity (Wildman–Crippen MR) is 163 cm³/mol. The normalized spacial score (nSPS) is 23.5. The van der Waals surface area contributed by atoms with Crippen molar-refractivity contribution in [3.05, 3.63) is 58.3 Å². The number of rotatable bonds is 5. The highest BCUT2D eigenvalue weighted by Gasteiger charge is 2.45. The Bertz CT molecular complexity index is 1650. The van der Waals surface area contributed by atoms with Crippen LogP contribution < -0.4 is 15.0 Å². The van der Waals surface area contributed by atoms with E-state index in [1.165, 1.54) is 12.8 Å². The standard InChI is InChI=1S/C32H32Cl2FN5O/c33-24-8-2-6-19-5-1-7-22(26(19)24)27-25(34)15-23-29(28(27)35)37-31(41-18-32-11-3-13-39(32)14-4-12-32)38-30(23)40-20-9-10-21(40)17-36-16-20/h1-2,5-8,15,20-21,36H,3-4,9-14,16-18H2. The summed E-state index contributed by atoms with van der Waals surface area (Å²) in [5.74, 6) is 0.243. The van der Waals surface area contributed by atoms with Crippen LogP contribution in [0, 0.1) is 5.82 Å². The number of hydrogen-bond donors (Lipinski definition) is 1. The molecule has 0 radical (unpaired) electrons. The lowest BCUT2D eigenvalue weighted by molar-refractivity contribution is 0.108. The predicted octanol–water partition coefficient (Wildman–Crippen LogP) is 6.84. The number of anilines is 1. The Morgan fingerprint density at radius 3 is 2.46 bits per heavy atom. The largest absolute Gasteiger partial charge is 0.461 e. The number of benzene rings is 3. The van der Waals surface area contributed by atoms with Crippen LogP contribution in [0.15, 0.2) is 42.5 Å². The van der Waals surface area contributed by atoms with E-state index >= 15 is 4.39 Å². The molecule has 2 atom stereocenters. The Balaban J connectivity index is 1.30. The average Bonchev–Trinajstić information content (AvgIpc) is 3.62. The Labute approximate surface area is 248 Å². The lowest BCUT2D eigenvalue weighted by Crippen LogP contribution is -2.52. The molecule has 9 heteroatoms. The second-order valence-corrected chi connectivity index (χ2v) is 12.9. The Kier molecular flexibility index (Phi) is 6.29. The number of halogens is 3. The molecular formula is C32H32Cl2FN5O. The summed E-state index contributed by atoms with van der Waals surface area (Å²) in [6, 6.07) is 14.1. The minimum Gasteiger partial charge on any atom is -0.461 e. The number of piperazine rings is 1.